The second kappa shape index (κ2) is 8.42. The molecule has 2 aliphatic heterocycles. The van der Waals surface area contributed by atoms with Crippen LogP contribution in [0.25, 0.3) is 0 Å². The lowest BCUT2D eigenvalue weighted by Gasteiger charge is -2.26. The number of unbranched alkanes of at least 4 members (excludes halogenated alkanes) is 1. The lowest BCUT2D eigenvalue weighted by molar-refractivity contribution is -0.122. The molecule has 0 spiro atoms. The van der Waals surface area contributed by atoms with Crippen LogP contribution < -0.4 is 16.0 Å². The second-order valence-electron chi connectivity index (χ2n) is 8.14. The second-order valence-corrected chi connectivity index (χ2v) is 9.42. The normalized spacial score (nSPS) is 24.2. The van der Waals surface area contributed by atoms with Gasteiger partial charge in [0.15, 0.2) is 0 Å². The fourth-order valence-corrected chi connectivity index (χ4v) is 5.43. The number of benzene rings is 1. The molecule has 27 heavy (non-hydrogen) atoms. The van der Waals surface area contributed by atoms with E-state index >= 15 is 0 Å². The molecule has 0 unspecified atom stereocenters. The summed E-state index contributed by atoms with van der Waals surface area (Å²) >= 11 is 1.91. The number of thioether (sulfide) groups is 1. The van der Waals surface area contributed by atoms with Crippen molar-refractivity contribution in [1.29, 1.82) is 0 Å². The monoisotopic (exact) mass is 391 g/mol. The van der Waals surface area contributed by atoms with Crippen molar-refractivity contribution in [2.75, 3.05) is 5.75 Å². The van der Waals surface area contributed by atoms with Crippen molar-refractivity contribution in [3.8, 4) is 5.75 Å². The van der Waals surface area contributed by atoms with Gasteiger partial charge in [0, 0.05) is 23.0 Å². The van der Waals surface area contributed by atoms with Crippen molar-refractivity contribution in [2.24, 2.45) is 0 Å². The third-order valence-corrected chi connectivity index (χ3v) is 6.65. The van der Waals surface area contributed by atoms with Gasteiger partial charge in [-0.3, -0.25) is 4.79 Å². The largest absolute Gasteiger partial charge is 0.508 e. The standard InChI is InChI=1S/C20H29N3O3S/c1-20(2,11-13-7-9-14(24)10-8-13)23-17(25)6-4-3-5-16-18-15(12-27-16)21-19(26)22-18/h7-10,15-16,18,24H,3-6,11-12H2,1-2H3,(H,23,25)(H2,21,22,26)/t15-,16-,18-/m0/s1. The first-order valence-corrected chi connectivity index (χ1v) is 10.6. The first kappa shape index (κ1) is 19.9. The van der Waals surface area contributed by atoms with Crippen molar-refractivity contribution in [3.63, 3.8) is 0 Å². The van der Waals surface area contributed by atoms with E-state index in [0.717, 1.165) is 30.6 Å². The predicted molar refractivity (Wildman–Crippen MR) is 108 cm³/mol. The van der Waals surface area contributed by atoms with Gasteiger partial charge < -0.3 is 21.1 Å². The molecular formula is C20H29N3O3S. The fourth-order valence-electron chi connectivity index (χ4n) is 3.88. The van der Waals surface area contributed by atoms with E-state index in [1.807, 2.05) is 37.7 Å². The zero-order valence-electron chi connectivity index (χ0n) is 16.0. The molecular weight excluding hydrogens is 362 g/mol. The summed E-state index contributed by atoms with van der Waals surface area (Å²) in [7, 11) is 0. The molecule has 0 bridgehead atoms. The van der Waals surface area contributed by atoms with Crippen molar-refractivity contribution < 1.29 is 14.7 Å². The summed E-state index contributed by atoms with van der Waals surface area (Å²) in [6.45, 7) is 4.03. The molecule has 0 aliphatic carbocycles. The van der Waals surface area contributed by atoms with Gasteiger partial charge in [-0.25, -0.2) is 4.79 Å². The van der Waals surface area contributed by atoms with Crippen LogP contribution in [0.3, 0.4) is 0 Å². The molecule has 1 aromatic carbocycles. The summed E-state index contributed by atoms with van der Waals surface area (Å²) in [5.41, 5.74) is 0.751. The molecule has 2 heterocycles. The lowest BCUT2D eigenvalue weighted by atomic mass is 9.94. The predicted octanol–water partition coefficient (Wildman–Crippen LogP) is 2.56. The molecule has 3 rings (SSSR count). The Morgan fingerprint density at radius 2 is 2.00 bits per heavy atom. The molecule has 1 aromatic rings. The highest BCUT2D eigenvalue weighted by molar-refractivity contribution is 8.00. The number of urea groups is 1. The van der Waals surface area contributed by atoms with Crippen LogP contribution in [0.5, 0.6) is 5.75 Å². The van der Waals surface area contributed by atoms with Crippen LogP contribution in [-0.2, 0) is 11.2 Å². The Labute approximate surface area is 164 Å². The summed E-state index contributed by atoms with van der Waals surface area (Å²) in [6.07, 6.45) is 4.11. The molecule has 4 N–H and O–H groups in total. The number of phenols is 1. The van der Waals surface area contributed by atoms with Gasteiger partial charge in [0.05, 0.1) is 12.1 Å². The van der Waals surface area contributed by atoms with Gasteiger partial charge in [0.25, 0.3) is 0 Å². The minimum atomic E-state index is -0.331. The van der Waals surface area contributed by atoms with E-state index in [0.29, 0.717) is 18.1 Å². The van der Waals surface area contributed by atoms with Gasteiger partial charge in [0.1, 0.15) is 5.75 Å². The number of carbonyl (C=O) groups is 2. The van der Waals surface area contributed by atoms with E-state index in [1.54, 1.807) is 12.1 Å². The minimum absolute atomic E-state index is 0.0504. The highest BCUT2D eigenvalue weighted by atomic mass is 32.2. The Hall–Kier alpha value is -1.89. The van der Waals surface area contributed by atoms with E-state index in [1.165, 1.54) is 0 Å². The number of rotatable bonds is 8. The number of hydrogen-bond acceptors (Lipinski definition) is 4. The molecule has 0 saturated carbocycles. The number of fused-ring (bicyclic) bond motifs is 1. The Kier molecular flexibility index (Phi) is 6.19. The average molecular weight is 392 g/mol. The lowest BCUT2D eigenvalue weighted by Crippen LogP contribution is -2.45. The Morgan fingerprint density at radius 1 is 1.26 bits per heavy atom. The highest BCUT2D eigenvalue weighted by Gasteiger charge is 2.42. The quantitative estimate of drug-likeness (QED) is 0.405. The van der Waals surface area contributed by atoms with Crippen LogP contribution in [0.15, 0.2) is 24.3 Å². The Bertz CT molecular complexity index is 678. The molecule has 2 fully saturated rings. The van der Waals surface area contributed by atoms with Crippen LogP contribution in [-0.4, -0.2) is 45.7 Å². The van der Waals surface area contributed by atoms with Crippen molar-refractivity contribution >= 4 is 23.7 Å². The highest BCUT2D eigenvalue weighted by Crippen LogP contribution is 2.33. The van der Waals surface area contributed by atoms with Crippen LogP contribution in [0, 0.1) is 0 Å². The smallest absolute Gasteiger partial charge is 0.315 e. The van der Waals surface area contributed by atoms with Gasteiger partial charge in [-0.2, -0.15) is 11.8 Å². The van der Waals surface area contributed by atoms with E-state index in [-0.39, 0.29) is 35.3 Å². The third kappa shape index (κ3) is 5.54. The van der Waals surface area contributed by atoms with Crippen molar-refractivity contribution in [3.05, 3.63) is 29.8 Å². The summed E-state index contributed by atoms with van der Waals surface area (Å²) in [5.74, 6) is 1.30. The third-order valence-electron chi connectivity index (χ3n) is 5.14. The number of carbonyl (C=O) groups excluding carboxylic acids is 2. The molecule has 0 aromatic heterocycles. The van der Waals surface area contributed by atoms with Crippen LogP contribution in [0.2, 0.25) is 0 Å². The number of aromatic hydroxyl groups is 1. The van der Waals surface area contributed by atoms with Crippen LogP contribution in [0.1, 0.15) is 45.1 Å². The molecule has 2 saturated heterocycles. The summed E-state index contributed by atoms with van der Waals surface area (Å²) < 4.78 is 0. The molecule has 6 nitrogen and oxygen atoms in total. The van der Waals surface area contributed by atoms with E-state index in [9.17, 15) is 14.7 Å². The molecule has 2 aliphatic rings. The molecule has 3 amide bonds. The van der Waals surface area contributed by atoms with Gasteiger partial charge in [0.2, 0.25) is 5.91 Å². The first-order chi connectivity index (χ1) is 12.8. The molecule has 3 atom stereocenters. The maximum absolute atomic E-state index is 12.3. The Balaban J connectivity index is 1.35. The van der Waals surface area contributed by atoms with E-state index < -0.39 is 0 Å². The number of hydrogen-bond donors (Lipinski definition) is 4. The average Bonchev–Trinajstić information content (AvgIpc) is 3.12. The summed E-state index contributed by atoms with van der Waals surface area (Å²) in [6, 6.07) is 7.55. The number of amides is 3. The Morgan fingerprint density at radius 3 is 2.74 bits per heavy atom. The summed E-state index contributed by atoms with van der Waals surface area (Å²) in [5, 5.41) is 18.9. The fraction of sp³-hybridized carbons (Fsp3) is 0.600. The van der Waals surface area contributed by atoms with Gasteiger partial charge in [-0.15, -0.1) is 0 Å². The maximum atomic E-state index is 12.3. The van der Waals surface area contributed by atoms with Gasteiger partial charge in [-0.05, 0) is 50.8 Å². The topological polar surface area (TPSA) is 90.5 Å². The minimum Gasteiger partial charge on any atom is -0.508 e. The van der Waals surface area contributed by atoms with Crippen molar-refractivity contribution in [2.45, 2.75) is 68.8 Å². The van der Waals surface area contributed by atoms with Crippen LogP contribution in [0.4, 0.5) is 4.79 Å². The SMILES string of the molecule is CC(C)(Cc1ccc(O)cc1)NC(=O)CCCC[C@@H]1SC[C@@H]2NC(=O)N[C@@H]21. The van der Waals surface area contributed by atoms with Crippen LogP contribution >= 0.6 is 11.8 Å². The van der Waals surface area contributed by atoms with E-state index in [2.05, 4.69) is 16.0 Å². The first-order valence-electron chi connectivity index (χ1n) is 9.60. The van der Waals surface area contributed by atoms with E-state index in [4.69, 9.17) is 0 Å². The maximum Gasteiger partial charge on any atom is 0.315 e. The van der Waals surface area contributed by atoms with Crippen molar-refractivity contribution in [1.82, 2.24) is 16.0 Å². The molecule has 148 valence electrons. The zero-order chi connectivity index (χ0) is 19.4. The number of phenolic OH excluding ortho intramolecular Hbond substituents is 1. The van der Waals surface area contributed by atoms with Gasteiger partial charge in [-0.1, -0.05) is 18.6 Å². The summed E-state index contributed by atoms with van der Waals surface area (Å²) in [4.78, 5) is 23.7. The molecule has 7 heteroatoms. The zero-order valence-corrected chi connectivity index (χ0v) is 16.8. The molecule has 0 radical (unpaired) electrons. The number of nitrogens with one attached hydrogen (secondary N) is 3. The van der Waals surface area contributed by atoms with Gasteiger partial charge >= 0.3 is 6.03 Å².